The Balaban J connectivity index is 1.18. The van der Waals surface area contributed by atoms with Crippen LogP contribution in [0.2, 0.25) is 0 Å². The molecular weight excluding hydrogens is 709 g/mol. The molecule has 0 unspecified atom stereocenters. The summed E-state index contributed by atoms with van der Waals surface area (Å²) >= 11 is 0. The van der Waals surface area contributed by atoms with E-state index in [1.54, 1.807) is 0 Å². The average molecular weight is 743 g/mol. The van der Waals surface area contributed by atoms with Crippen LogP contribution >= 0.6 is 0 Å². The third-order valence-electron chi connectivity index (χ3n) is 10.8. The monoisotopic (exact) mass is 742 g/mol. The Hall–Kier alpha value is -7.89. The third-order valence-corrected chi connectivity index (χ3v) is 10.8. The van der Waals surface area contributed by atoms with E-state index >= 15 is 0 Å². The zero-order valence-electron chi connectivity index (χ0n) is 31.3. The molecule has 0 fully saturated rings. The molecule has 11 rings (SSSR count). The lowest BCUT2D eigenvalue weighted by Gasteiger charge is -2.27. The second-order valence-corrected chi connectivity index (χ2v) is 14.5. The molecule has 5 nitrogen and oxygen atoms in total. The van der Waals surface area contributed by atoms with E-state index in [9.17, 15) is 0 Å². The van der Waals surface area contributed by atoms with Crippen LogP contribution in [0.3, 0.4) is 0 Å². The van der Waals surface area contributed by atoms with Crippen molar-refractivity contribution in [2.45, 2.75) is 0 Å². The number of aromatic nitrogens is 3. The minimum Gasteiger partial charge on any atom is -0.456 e. The molecule has 0 atom stereocenters. The normalized spacial score (nSPS) is 11.4. The van der Waals surface area contributed by atoms with Crippen LogP contribution in [-0.2, 0) is 0 Å². The van der Waals surface area contributed by atoms with E-state index in [1.165, 1.54) is 5.56 Å². The lowest BCUT2D eigenvalue weighted by atomic mass is 10.0. The van der Waals surface area contributed by atoms with Crippen LogP contribution in [0, 0.1) is 0 Å². The summed E-state index contributed by atoms with van der Waals surface area (Å²) in [4.78, 5) is 17.8. The maximum absolute atomic E-state index is 6.84. The zero-order chi connectivity index (χ0) is 38.4. The quantitative estimate of drug-likeness (QED) is 0.163. The van der Waals surface area contributed by atoms with Gasteiger partial charge in [0.25, 0.3) is 0 Å². The molecule has 0 aliphatic carbocycles. The Labute approximate surface area is 335 Å². The fraction of sp³-hybridized carbons (Fsp3) is 0. The molecule has 5 heteroatoms. The predicted octanol–water partition coefficient (Wildman–Crippen LogP) is 14.2. The van der Waals surface area contributed by atoms with Crippen LogP contribution in [0.1, 0.15) is 0 Å². The van der Waals surface area contributed by atoms with Crippen molar-refractivity contribution >= 4 is 60.5 Å². The summed E-state index contributed by atoms with van der Waals surface area (Å²) in [6, 6.07) is 71.7. The van der Waals surface area contributed by atoms with Crippen molar-refractivity contribution in [1.29, 1.82) is 0 Å². The smallest absolute Gasteiger partial charge is 0.164 e. The van der Waals surface area contributed by atoms with E-state index in [0.29, 0.717) is 17.5 Å². The lowest BCUT2D eigenvalue weighted by Crippen LogP contribution is -2.10. The van der Waals surface area contributed by atoms with Gasteiger partial charge in [-0.1, -0.05) is 152 Å². The number of hydrogen-bond acceptors (Lipinski definition) is 5. The van der Waals surface area contributed by atoms with Gasteiger partial charge in [-0.05, 0) is 87.3 Å². The molecule has 0 bridgehead atoms. The van der Waals surface area contributed by atoms with Gasteiger partial charge < -0.3 is 9.32 Å². The fourth-order valence-electron chi connectivity index (χ4n) is 7.99. The first-order valence-electron chi connectivity index (χ1n) is 19.4. The molecule has 58 heavy (non-hydrogen) atoms. The van der Waals surface area contributed by atoms with Crippen LogP contribution in [-0.4, -0.2) is 15.0 Å². The summed E-state index contributed by atoms with van der Waals surface area (Å²) in [7, 11) is 0. The van der Waals surface area contributed by atoms with Crippen molar-refractivity contribution in [2.24, 2.45) is 0 Å². The van der Waals surface area contributed by atoms with Gasteiger partial charge in [0.2, 0.25) is 0 Å². The van der Waals surface area contributed by atoms with Crippen molar-refractivity contribution in [3.63, 3.8) is 0 Å². The molecule has 272 valence electrons. The minimum absolute atomic E-state index is 0.554. The number of rotatable bonds is 7. The molecule has 9 aromatic carbocycles. The van der Waals surface area contributed by atoms with E-state index in [2.05, 4.69) is 175 Å². The van der Waals surface area contributed by atoms with Crippen LogP contribution in [0.5, 0.6) is 0 Å². The van der Waals surface area contributed by atoms with Gasteiger partial charge in [-0.3, -0.25) is 0 Å². The third kappa shape index (κ3) is 6.03. The Bertz CT molecular complexity index is 3270. The molecular formula is C53H34N4O. The molecule has 0 saturated heterocycles. The first-order chi connectivity index (χ1) is 28.7. The zero-order valence-corrected chi connectivity index (χ0v) is 31.3. The molecule has 0 radical (unpaired) electrons. The highest BCUT2D eigenvalue weighted by Gasteiger charge is 2.23. The summed E-state index contributed by atoms with van der Waals surface area (Å²) in [6.07, 6.45) is 0. The first-order valence-corrected chi connectivity index (χ1v) is 19.4. The molecule has 0 spiro atoms. The topological polar surface area (TPSA) is 55.1 Å². The second kappa shape index (κ2) is 14.0. The standard InChI is InChI=1S/C53H34N4O/c1-4-14-35(15-5-1)37-26-28-45(29-27-37)57(44-22-8-3-9-23-44)47-32-43(34-49-50(47)46-31-40-20-12-13-21-41(40)33-48(46)58-49)53-55-51(38-17-6-2-7-18-38)54-52(56-53)42-25-24-36-16-10-11-19-39(36)30-42/h1-34H. The first kappa shape index (κ1) is 33.4. The van der Waals surface area contributed by atoms with Gasteiger partial charge >= 0.3 is 0 Å². The van der Waals surface area contributed by atoms with E-state index in [-0.39, 0.29) is 0 Å². The predicted molar refractivity (Wildman–Crippen MR) is 239 cm³/mol. The molecule has 0 aliphatic heterocycles. The highest BCUT2D eigenvalue weighted by atomic mass is 16.3. The number of benzene rings is 9. The molecule has 2 aromatic heterocycles. The van der Waals surface area contributed by atoms with Crippen molar-refractivity contribution in [3.05, 3.63) is 206 Å². The van der Waals surface area contributed by atoms with Gasteiger partial charge in [0.1, 0.15) is 11.2 Å². The number of hydrogen-bond donors (Lipinski definition) is 0. The van der Waals surface area contributed by atoms with E-state index in [1.807, 2.05) is 36.4 Å². The number of para-hydroxylation sites is 1. The molecule has 0 N–H and O–H groups in total. The van der Waals surface area contributed by atoms with E-state index in [4.69, 9.17) is 19.4 Å². The van der Waals surface area contributed by atoms with Crippen molar-refractivity contribution in [1.82, 2.24) is 15.0 Å². The Morgan fingerprint density at radius 3 is 1.52 bits per heavy atom. The molecule has 0 saturated carbocycles. The maximum Gasteiger partial charge on any atom is 0.164 e. The second-order valence-electron chi connectivity index (χ2n) is 14.5. The summed E-state index contributed by atoms with van der Waals surface area (Å²) in [5, 5.41) is 6.60. The summed E-state index contributed by atoms with van der Waals surface area (Å²) < 4.78 is 6.84. The Morgan fingerprint density at radius 2 is 0.828 bits per heavy atom. The lowest BCUT2D eigenvalue weighted by molar-refractivity contribution is 0.669. The van der Waals surface area contributed by atoms with Crippen LogP contribution in [0.25, 0.3) is 88.8 Å². The summed E-state index contributed by atoms with van der Waals surface area (Å²) in [5.74, 6) is 1.75. The largest absolute Gasteiger partial charge is 0.456 e. The van der Waals surface area contributed by atoms with Crippen LogP contribution in [0.15, 0.2) is 211 Å². The van der Waals surface area contributed by atoms with Gasteiger partial charge in [-0.15, -0.1) is 0 Å². The fourth-order valence-corrected chi connectivity index (χ4v) is 7.99. The van der Waals surface area contributed by atoms with Gasteiger partial charge in [0.05, 0.1) is 11.1 Å². The van der Waals surface area contributed by atoms with Crippen molar-refractivity contribution < 1.29 is 4.42 Å². The maximum atomic E-state index is 6.84. The van der Waals surface area contributed by atoms with Gasteiger partial charge in [0.15, 0.2) is 17.5 Å². The minimum atomic E-state index is 0.554. The van der Waals surface area contributed by atoms with Crippen LogP contribution in [0.4, 0.5) is 17.1 Å². The molecule has 2 heterocycles. The number of furan rings is 1. The van der Waals surface area contributed by atoms with E-state index < -0.39 is 0 Å². The highest BCUT2D eigenvalue weighted by molar-refractivity contribution is 6.17. The number of anilines is 3. The van der Waals surface area contributed by atoms with Gasteiger partial charge in [-0.2, -0.15) is 0 Å². The Morgan fingerprint density at radius 1 is 0.328 bits per heavy atom. The molecule has 0 aliphatic rings. The number of nitrogens with zero attached hydrogens (tertiary/aromatic N) is 4. The average Bonchev–Trinajstić information content (AvgIpc) is 3.66. The Kier molecular flexibility index (Phi) is 8.07. The van der Waals surface area contributed by atoms with Crippen molar-refractivity contribution in [2.75, 3.05) is 4.90 Å². The highest BCUT2D eigenvalue weighted by Crippen LogP contribution is 2.46. The SMILES string of the molecule is c1ccc(-c2ccc(N(c3ccccc3)c3cc(-c4nc(-c5ccccc5)nc(-c5ccc6ccccc6c5)n4)cc4oc5cc6ccccc6cc5c34)cc2)cc1. The van der Waals surface area contributed by atoms with Gasteiger partial charge in [-0.25, -0.2) is 15.0 Å². The van der Waals surface area contributed by atoms with Crippen molar-refractivity contribution in [3.8, 4) is 45.3 Å². The van der Waals surface area contributed by atoms with E-state index in [0.717, 1.165) is 82.8 Å². The van der Waals surface area contributed by atoms with Gasteiger partial charge in [0, 0.05) is 33.5 Å². The molecule has 0 amide bonds. The summed E-state index contributed by atoms with van der Waals surface area (Å²) in [5.41, 5.74) is 9.50. The molecule has 11 aromatic rings. The van der Waals surface area contributed by atoms with Crippen LogP contribution < -0.4 is 4.90 Å². The summed E-state index contributed by atoms with van der Waals surface area (Å²) in [6.45, 7) is 0. The number of fused-ring (bicyclic) bond motifs is 5.